The summed E-state index contributed by atoms with van der Waals surface area (Å²) in [5, 5.41) is 20.4. The number of nitrogens with zero attached hydrogens (tertiary/aromatic N) is 3. The normalized spacial score (nSPS) is 21.2. The molecule has 6 nitrogen and oxygen atoms in total. The molecule has 0 spiro atoms. The van der Waals surface area contributed by atoms with Crippen LogP contribution in [-0.4, -0.2) is 40.1 Å². The Bertz CT molecular complexity index is 365. The molecule has 6 heteroatoms. The van der Waals surface area contributed by atoms with Gasteiger partial charge in [0.25, 0.3) is 0 Å². The summed E-state index contributed by atoms with van der Waals surface area (Å²) in [4.78, 5) is 13.3. The Kier molecular flexibility index (Phi) is 3.94. The first-order valence-electron chi connectivity index (χ1n) is 5.50. The number of amides is 1. The van der Waals surface area contributed by atoms with Gasteiger partial charge < -0.3 is 9.94 Å². The van der Waals surface area contributed by atoms with Gasteiger partial charge >= 0.3 is 6.09 Å². The van der Waals surface area contributed by atoms with Gasteiger partial charge in [-0.25, -0.2) is 4.79 Å². The van der Waals surface area contributed by atoms with Crippen LogP contribution in [0.4, 0.5) is 4.79 Å². The van der Waals surface area contributed by atoms with E-state index in [0.717, 1.165) is 6.42 Å². The predicted molar refractivity (Wildman–Crippen MR) is 60.8 cm³/mol. The van der Waals surface area contributed by atoms with Crippen molar-refractivity contribution in [1.82, 2.24) is 4.90 Å². The van der Waals surface area contributed by atoms with Crippen molar-refractivity contribution in [2.24, 2.45) is 5.16 Å². The number of hydrogen-bond acceptors (Lipinski definition) is 5. The van der Waals surface area contributed by atoms with Crippen molar-refractivity contribution in [3.05, 3.63) is 0 Å². The van der Waals surface area contributed by atoms with Crippen LogP contribution in [0.1, 0.15) is 33.6 Å². The van der Waals surface area contributed by atoms with Crippen LogP contribution < -0.4 is 0 Å². The summed E-state index contributed by atoms with van der Waals surface area (Å²) in [6, 6.07) is 1.32. The minimum absolute atomic E-state index is 0.0478. The van der Waals surface area contributed by atoms with Crippen molar-refractivity contribution >= 4 is 11.8 Å². The summed E-state index contributed by atoms with van der Waals surface area (Å²) in [7, 11) is 0. The van der Waals surface area contributed by atoms with Gasteiger partial charge in [0.2, 0.25) is 0 Å². The van der Waals surface area contributed by atoms with Gasteiger partial charge in [0, 0.05) is 6.54 Å². The van der Waals surface area contributed by atoms with Gasteiger partial charge in [-0.2, -0.15) is 5.26 Å². The first kappa shape index (κ1) is 13.3. The Balaban J connectivity index is 2.77. The molecule has 17 heavy (non-hydrogen) atoms. The largest absolute Gasteiger partial charge is 0.444 e. The van der Waals surface area contributed by atoms with Gasteiger partial charge in [0.1, 0.15) is 11.7 Å². The average Bonchev–Trinajstić information content (AvgIpc) is 2.66. The van der Waals surface area contributed by atoms with Crippen molar-refractivity contribution in [2.75, 3.05) is 6.54 Å². The molecule has 1 amide bonds. The lowest BCUT2D eigenvalue weighted by molar-refractivity contribution is 0.0265. The van der Waals surface area contributed by atoms with Crippen LogP contribution in [0.5, 0.6) is 0 Å². The van der Waals surface area contributed by atoms with E-state index in [-0.39, 0.29) is 5.71 Å². The van der Waals surface area contributed by atoms with E-state index in [1.807, 2.05) is 0 Å². The molecule has 0 radical (unpaired) electrons. The molecular weight excluding hydrogens is 222 g/mol. The van der Waals surface area contributed by atoms with E-state index >= 15 is 0 Å². The number of rotatable bonds is 1. The van der Waals surface area contributed by atoms with E-state index in [0.29, 0.717) is 13.0 Å². The number of oxime groups is 1. The quantitative estimate of drug-likeness (QED) is 0.429. The molecule has 0 aromatic rings. The monoisotopic (exact) mass is 239 g/mol. The zero-order chi connectivity index (χ0) is 13.1. The third kappa shape index (κ3) is 3.34. The maximum Gasteiger partial charge on any atom is 0.410 e. The Labute approximate surface area is 100 Å². The Morgan fingerprint density at radius 1 is 1.59 bits per heavy atom. The van der Waals surface area contributed by atoms with Gasteiger partial charge in [-0.3, -0.25) is 4.90 Å². The second kappa shape index (κ2) is 5.04. The summed E-state index contributed by atoms with van der Waals surface area (Å²) in [5.74, 6) is 0. The van der Waals surface area contributed by atoms with Crippen LogP contribution in [0, 0.1) is 11.3 Å². The third-order valence-electron chi connectivity index (χ3n) is 2.42. The average molecular weight is 239 g/mol. The third-order valence-corrected chi connectivity index (χ3v) is 2.42. The summed E-state index contributed by atoms with van der Waals surface area (Å²) in [6.45, 7) is 5.85. The molecule has 1 saturated heterocycles. The van der Waals surface area contributed by atoms with Crippen LogP contribution in [0.3, 0.4) is 0 Å². The summed E-state index contributed by atoms with van der Waals surface area (Å²) in [5.41, 5.74) is -0.624. The van der Waals surface area contributed by atoms with Crippen molar-refractivity contribution in [2.45, 2.75) is 45.3 Å². The Morgan fingerprint density at radius 3 is 2.71 bits per heavy atom. The van der Waals surface area contributed by atoms with Crippen LogP contribution in [0.25, 0.3) is 0 Å². The molecule has 1 atom stereocenters. The molecule has 0 saturated carbocycles. The minimum atomic E-state index is -0.576. The standard InChI is InChI=1S/C11H17N3O3/c1-11(2,3)17-10(15)14-6-4-5-9(14)8(7-12)13-16/h9,16H,4-6H2,1-3H3/b13-8+/t9-/m0/s1. The maximum atomic E-state index is 11.9. The van der Waals surface area contributed by atoms with E-state index in [9.17, 15) is 4.79 Å². The van der Waals surface area contributed by atoms with Gasteiger partial charge in [-0.05, 0) is 33.6 Å². The molecule has 1 aliphatic rings. The maximum absolute atomic E-state index is 11.9. The Morgan fingerprint density at radius 2 is 2.24 bits per heavy atom. The van der Waals surface area contributed by atoms with Gasteiger partial charge in [-0.15, -0.1) is 0 Å². The summed E-state index contributed by atoms with van der Waals surface area (Å²) >= 11 is 0. The number of nitriles is 1. The highest BCUT2D eigenvalue weighted by Gasteiger charge is 2.35. The van der Waals surface area contributed by atoms with Crippen LogP contribution in [0.15, 0.2) is 5.16 Å². The fourth-order valence-corrected chi connectivity index (χ4v) is 1.75. The molecule has 94 valence electrons. The van der Waals surface area contributed by atoms with E-state index in [1.165, 1.54) is 4.90 Å². The first-order chi connectivity index (χ1) is 7.89. The van der Waals surface area contributed by atoms with E-state index in [2.05, 4.69) is 5.16 Å². The molecule has 1 N–H and O–H groups in total. The van der Waals surface area contributed by atoms with Crippen LogP contribution >= 0.6 is 0 Å². The summed E-state index contributed by atoms with van der Waals surface area (Å²) < 4.78 is 5.23. The Hall–Kier alpha value is -1.77. The highest BCUT2D eigenvalue weighted by Crippen LogP contribution is 2.21. The molecular formula is C11H17N3O3. The first-order valence-corrected chi connectivity index (χ1v) is 5.50. The molecule has 0 aliphatic carbocycles. The zero-order valence-electron chi connectivity index (χ0n) is 10.3. The molecule has 0 bridgehead atoms. The van der Waals surface area contributed by atoms with Crippen molar-refractivity contribution in [3.63, 3.8) is 0 Å². The highest BCUT2D eigenvalue weighted by atomic mass is 16.6. The molecule has 1 heterocycles. The second-order valence-electron chi connectivity index (χ2n) is 4.93. The molecule has 1 aliphatic heterocycles. The lowest BCUT2D eigenvalue weighted by Gasteiger charge is -2.27. The number of hydrogen-bond donors (Lipinski definition) is 1. The fourth-order valence-electron chi connectivity index (χ4n) is 1.75. The smallest absolute Gasteiger partial charge is 0.410 e. The highest BCUT2D eigenvalue weighted by molar-refractivity contribution is 6.03. The molecule has 1 fully saturated rings. The van der Waals surface area contributed by atoms with Gasteiger partial charge in [0.15, 0.2) is 5.71 Å². The zero-order valence-corrected chi connectivity index (χ0v) is 10.3. The lowest BCUT2D eigenvalue weighted by atomic mass is 10.1. The lowest BCUT2D eigenvalue weighted by Crippen LogP contribution is -2.43. The van der Waals surface area contributed by atoms with Crippen LogP contribution in [0.2, 0.25) is 0 Å². The number of carbonyl (C=O) groups is 1. The van der Waals surface area contributed by atoms with Crippen molar-refractivity contribution in [3.8, 4) is 6.07 Å². The molecule has 0 aromatic heterocycles. The topological polar surface area (TPSA) is 85.9 Å². The number of likely N-dealkylation sites (tertiary alicyclic amines) is 1. The molecule has 1 rings (SSSR count). The fraction of sp³-hybridized carbons (Fsp3) is 0.727. The number of carbonyl (C=O) groups excluding carboxylic acids is 1. The molecule has 0 aromatic carbocycles. The SMILES string of the molecule is CC(C)(C)OC(=O)N1CCC[C@H]1/C(C#N)=N/O. The van der Waals surface area contributed by atoms with Crippen molar-refractivity contribution < 1.29 is 14.7 Å². The van der Waals surface area contributed by atoms with E-state index in [1.54, 1.807) is 26.8 Å². The van der Waals surface area contributed by atoms with E-state index in [4.69, 9.17) is 15.2 Å². The molecule has 0 unspecified atom stereocenters. The van der Waals surface area contributed by atoms with Crippen LogP contribution in [-0.2, 0) is 4.74 Å². The van der Waals surface area contributed by atoms with E-state index < -0.39 is 17.7 Å². The predicted octanol–water partition coefficient (Wildman–Crippen LogP) is 1.74. The second-order valence-corrected chi connectivity index (χ2v) is 4.93. The van der Waals surface area contributed by atoms with Gasteiger partial charge in [0.05, 0.1) is 6.04 Å². The summed E-state index contributed by atoms with van der Waals surface area (Å²) in [6.07, 6.45) is 0.910. The van der Waals surface area contributed by atoms with Crippen molar-refractivity contribution in [1.29, 1.82) is 5.26 Å². The number of ether oxygens (including phenoxy) is 1. The van der Waals surface area contributed by atoms with Gasteiger partial charge in [-0.1, -0.05) is 5.16 Å². The minimum Gasteiger partial charge on any atom is -0.444 e.